The predicted molar refractivity (Wildman–Crippen MR) is 57.0 cm³/mol. The highest BCUT2D eigenvalue weighted by Gasteiger charge is 2.46. The molecule has 3 heteroatoms. The average molecular weight is 220 g/mol. The van der Waals surface area contributed by atoms with Gasteiger partial charge in [0.05, 0.1) is 12.0 Å². The molecule has 1 saturated carbocycles. The molecule has 0 aromatic heterocycles. The van der Waals surface area contributed by atoms with Gasteiger partial charge in [0.15, 0.2) is 0 Å². The van der Waals surface area contributed by atoms with Crippen molar-refractivity contribution in [2.24, 2.45) is 0 Å². The molecule has 3 rings (SSSR count). The SMILES string of the molecule is O=C1CCCC12CCOc1ccc(F)cc12. The van der Waals surface area contributed by atoms with E-state index in [4.69, 9.17) is 4.74 Å². The van der Waals surface area contributed by atoms with E-state index in [0.29, 0.717) is 25.2 Å². The molecule has 0 bridgehead atoms. The van der Waals surface area contributed by atoms with Crippen molar-refractivity contribution in [1.82, 2.24) is 0 Å². The summed E-state index contributed by atoms with van der Waals surface area (Å²) in [6, 6.07) is 4.49. The molecule has 1 aromatic rings. The molecule has 0 N–H and O–H groups in total. The van der Waals surface area contributed by atoms with Crippen LogP contribution in [0.25, 0.3) is 0 Å². The van der Waals surface area contributed by atoms with Gasteiger partial charge in [-0.05, 0) is 37.5 Å². The lowest BCUT2D eigenvalue weighted by molar-refractivity contribution is -0.123. The van der Waals surface area contributed by atoms with Gasteiger partial charge >= 0.3 is 0 Å². The van der Waals surface area contributed by atoms with Gasteiger partial charge in [-0.1, -0.05) is 0 Å². The molecule has 2 aliphatic rings. The third kappa shape index (κ3) is 1.20. The number of Topliss-reactive ketones (excluding diaryl/α,β-unsaturated/α-hetero) is 1. The summed E-state index contributed by atoms with van der Waals surface area (Å²) in [5.74, 6) is 0.647. The van der Waals surface area contributed by atoms with E-state index >= 15 is 0 Å². The summed E-state index contributed by atoms with van der Waals surface area (Å²) in [6.45, 7) is 0.560. The van der Waals surface area contributed by atoms with Crippen molar-refractivity contribution in [2.45, 2.75) is 31.1 Å². The number of hydrogen-bond donors (Lipinski definition) is 0. The largest absolute Gasteiger partial charge is 0.493 e. The van der Waals surface area contributed by atoms with E-state index in [9.17, 15) is 9.18 Å². The topological polar surface area (TPSA) is 26.3 Å². The van der Waals surface area contributed by atoms with Gasteiger partial charge in [-0.3, -0.25) is 4.79 Å². The Morgan fingerprint density at radius 3 is 2.94 bits per heavy atom. The Kier molecular flexibility index (Phi) is 2.03. The zero-order valence-corrected chi connectivity index (χ0v) is 8.96. The number of hydrogen-bond acceptors (Lipinski definition) is 2. The molecule has 0 radical (unpaired) electrons. The molecule has 1 heterocycles. The summed E-state index contributed by atoms with van der Waals surface area (Å²) in [4.78, 5) is 12.0. The Morgan fingerprint density at radius 2 is 2.19 bits per heavy atom. The number of carbonyl (C=O) groups excluding carboxylic acids is 1. The minimum atomic E-state index is -0.449. The van der Waals surface area contributed by atoms with Crippen LogP contribution >= 0.6 is 0 Å². The van der Waals surface area contributed by atoms with Crippen molar-refractivity contribution >= 4 is 5.78 Å². The van der Waals surface area contributed by atoms with E-state index < -0.39 is 5.41 Å². The van der Waals surface area contributed by atoms with E-state index in [2.05, 4.69) is 0 Å². The van der Waals surface area contributed by atoms with E-state index in [1.54, 1.807) is 6.07 Å². The molecule has 1 fully saturated rings. The first-order valence-corrected chi connectivity index (χ1v) is 5.68. The van der Waals surface area contributed by atoms with Gasteiger partial charge in [0.2, 0.25) is 0 Å². The van der Waals surface area contributed by atoms with Crippen LogP contribution in [0.2, 0.25) is 0 Å². The van der Waals surface area contributed by atoms with Crippen molar-refractivity contribution in [3.63, 3.8) is 0 Å². The van der Waals surface area contributed by atoms with Gasteiger partial charge in [-0.2, -0.15) is 0 Å². The van der Waals surface area contributed by atoms with Crippen LogP contribution in [0.4, 0.5) is 4.39 Å². The zero-order valence-electron chi connectivity index (χ0n) is 8.96. The predicted octanol–water partition coefficient (Wildman–Crippen LogP) is 2.60. The Labute approximate surface area is 93.4 Å². The number of halogens is 1. The normalized spacial score (nSPS) is 27.9. The molecule has 1 unspecified atom stereocenters. The monoisotopic (exact) mass is 220 g/mol. The highest BCUT2D eigenvalue weighted by Crippen LogP contribution is 2.47. The molecule has 84 valence electrons. The van der Waals surface area contributed by atoms with Crippen LogP contribution in [0.5, 0.6) is 5.75 Å². The molecule has 2 nitrogen and oxygen atoms in total. The molecule has 0 amide bonds. The maximum absolute atomic E-state index is 13.3. The summed E-state index contributed by atoms with van der Waals surface area (Å²) >= 11 is 0. The molecular formula is C13H13FO2. The average Bonchev–Trinajstić information content (AvgIpc) is 2.63. The third-order valence-electron chi connectivity index (χ3n) is 3.78. The first kappa shape index (κ1) is 9.82. The van der Waals surface area contributed by atoms with Gasteiger partial charge in [0.1, 0.15) is 17.3 Å². The second-order valence-corrected chi connectivity index (χ2v) is 4.60. The standard InChI is InChI=1S/C13H13FO2/c14-9-3-4-11-10(8-9)13(6-7-16-11)5-1-2-12(13)15/h3-4,8H,1-2,5-7H2. The minimum Gasteiger partial charge on any atom is -0.493 e. The van der Waals surface area contributed by atoms with Crippen molar-refractivity contribution in [3.8, 4) is 5.75 Å². The summed E-state index contributed by atoms with van der Waals surface area (Å²) in [7, 11) is 0. The van der Waals surface area contributed by atoms with Gasteiger partial charge in [-0.15, -0.1) is 0 Å². The van der Waals surface area contributed by atoms with Crippen LogP contribution in [0.3, 0.4) is 0 Å². The summed E-state index contributed by atoms with van der Waals surface area (Å²) in [5, 5.41) is 0. The van der Waals surface area contributed by atoms with Gasteiger partial charge in [0, 0.05) is 12.0 Å². The Morgan fingerprint density at radius 1 is 1.31 bits per heavy atom. The fraction of sp³-hybridized carbons (Fsp3) is 0.462. The fourth-order valence-corrected chi connectivity index (χ4v) is 2.95. The maximum atomic E-state index is 13.3. The Balaban J connectivity index is 2.18. The Hall–Kier alpha value is -1.38. The zero-order chi connectivity index (χ0) is 11.2. The number of benzene rings is 1. The second-order valence-electron chi connectivity index (χ2n) is 4.60. The number of rotatable bonds is 0. The van der Waals surface area contributed by atoms with E-state index in [-0.39, 0.29) is 11.6 Å². The summed E-state index contributed by atoms with van der Waals surface area (Å²) in [6.07, 6.45) is 3.07. The van der Waals surface area contributed by atoms with E-state index in [0.717, 1.165) is 18.4 Å². The number of ether oxygens (including phenoxy) is 1. The lowest BCUT2D eigenvalue weighted by Gasteiger charge is -2.34. The summed E-state index contributed by atoms with van der Waals surface area (Å²) in [5.41, 5.74) is 0.316. The molecule has 1 aliphatic carbocycles. The van der Waals surface area contributed by atoms with Crippen molar-refractivity contribution in [3.05, 3.63) is 29.6 Å². The highest BCUT2D eigenvalue weighted by molar-refractivity contribution is 5.93. The van der Waals surface area contributed by atoms with E-state index in [1.807, 2.05) is 0 Å². The lowest BCUT2D eigenvalue weighted by Crippen LogP contribution is -2.36. The van der Waals surface area contributed by atoms with Crippen LogP contribution in [0.1, 0.15) is 31.2 Å². The molecular weight excluding hydrogens is 207 g/mol. The molecule has 16 heavy (non-hydrogen) atoms. The van der Waals surface area contributed by atoms with Gasteiger partial charge < -0.3 is 4.74 Å². The minimum absolute atomic E-state index is 0.252. The number of carbonyl (C=O) groups is 1. The molecule has 1 aromatic carbocycles. The number of fused-ring (bicyclic) bond motifs is 2. The van der Waals surface area contributed by atoms with Crippen LogP contribution in [0.15, 0.2) is 18.2 Å². The Bertz CT molecular complexity index is 455. The van der Waals surface area contributed by atoms with Crippen LogP contribution in [0, 0.1) is 5.82 Å². The smallest absolute Gasteiger partial charge is 0.143 e. The highest BCUT2D eigenvalue weighted by atomic mass is 19.1. The van der Waals surface area contributed by atoms with Gasteiger partial charge in [-0.25, -0.2) is 4.39 Å². The first-order valence-electron chi connectivity index (χ1n) is 5.68. The van der Waals surface area contributed by atoms with Crippen molar-refractivity contribution in [1.29, 1.82) is 0 Å². The lowest BCUT2D eigenvalue weighted by atomic mass is 9.74. The van der Waals surface area contributed by atoms with Crippen LogP contribution < -0.4 is 4.74 Å². The van der Waals surface area contributed by atoms with Crippen LogP contribution in [-0.4, -0.2) is 12.4 Å². The molecule has 0 saturated heterocycles. The van der Waals surface area contributed by atoms with Crippen molar-refractivity contribution < 1.29 is 13.9 Å². The molecule has 1 spiro atoms. The fourth-order valence-electron chi connectivity index (χ4n) is 2.95. The summed E-state index contributed by atoms with van der Waals surface area (Å²) < 4.78 is 18.8. The van der Waals surface area contributed by atoms with Gasteiger partial charge in [0.25, 0.3) is 0 Å². The quantitative estimate of drug-likeness (QED) is 0.671. The van der Waals surface area contributed by atoms with Crippen LogP contribution in [-0.2, 0) is 10.2 Å². The first-order chi connectivity index (χ1) is 7.72. The molecule has 1 aliphatic heterocycles. The van der Waals surface area contributed by atoms with Crippen molar-refractivity contribution in [2.75, 3.05) is 6.61 Å². The second kappa shape index (κ2) is 3.30. The number of ketones is 1. The third-order valence-corrected chi connectivity index (χ3v) is 3.78. The van der Waals surface area contributed by atoms with E-state index in [1.165, 1.54) is 12.1 Å². The molecule has 1 atom stereocenters. The maximum Gasteiger partial charge on any atom is 0.143 e.